The number of carbonyl (C=O) groups excluding carboxylic acids is 1. The Kier molecular flexibility index (Phi) is 8.22. The second-order valence-electron chi connectivity index (χ2n) is 7.21. The molecule has 0 aliphatic rings. The minimum atomic E-state index is -0.174. The maximum absolute atomic E-state index is 12.8. The van der Waals surface area contributed by atoms with Crippen LogP contribution >= 0.6 is 23.7 Å². The van der Waals surface area contributed by atoms with Crippen LogP contribution in [0.4, 0.5) is 5.13 Å². The van der Waals surface area contributed by atoms with Gasteiger partial charge in [-0.1, -0.05) is 60.7 Å². The SMILES string of the molecule is CCCNCc1ccc(C(=O)Nc2nc3c(OC)ccc(-c4ccccc4)c3s2)cc1.Cl. The molecular formula is C25H26ClN3O2S. The summed E-state index contributed by atoms with van der Waals surface area (Å²) < 4.78 is 6.48. The normalized spacial score (nSPS) is 10.6. The summed E-state index contributed by atoms with van der Waals surface area (Å²) in [5.74, 6) is 0.516. The number of nitrogens with zero attached hydrogens (tertiary/aromatic N) is 1. The van der Waals surface area contributed by atoms with Crippen molar-refractivity contribution in [2.45, 2.75) is 19.9 Å². The van der Waals surface area contributed by atoms with Gasteiger partial charge in [-0.15, -0.1) is 12.4 Å². The van der Waals surface area contributed by atoms with Crippen LogP contribution in [0, 0.1) is 0 Å². The summed E-state index contributed by atoms with van der Waals surface area (Å²) in [6.45, 7) is 3.92. The van der Waals surface area contributed by atoms with Gasteiger partial charge in [-0.25, -0.2) is 4.98 Å². The number of fused-ring (bicyclic) bond motifs is 1. The molecule has 2 N–H and O–H groups in total. The summed E-state index contributed by atoms with van der Waals surface area (Å²) in [4.78, 5) is 17.4. The molecule has 0 fully saturated rings. The van der Waals surface area contributed by atoms with Crippen LogP contribution in [-0.2, 0) is 6.54 Å². The number of amides is 1. The first-order chi connectivity index (χ1) is 15.2. The quantitative estimate of drug-likeness (QED) is 0.305. The van der Waals surface area contributed by atoms with Crippen molar-refractivity contribution >= 4 is 45.0 Å². The van der Waals surface area contributed by atoms with Crippen molar-refractivity contribution in [1.29, 1.82) is 0 Å². The fourth-order valence-electron chi connectivity index (χ4n) is 3.40. The van der Waals surface area contributed by atoms with Gasteiger partial charge < -0.3 is 10.1 Å². The number of hydrogen-bond acceptors (Lipinski definition) is 5. The molecule has 0 spiro atoms. The Morgan fingerprint density at radius 2 is 1.78 bits per heavy atom. The largest absolute Gasteiger partial charge is 0.494 e. The molecule has 4 aromatic rings. The zero-order valence-electron chi connectivity index (χ0n) is 18.1. The number of aromatic nitrogens is 1. The second kappa shape index (κ2) is 11.1. The van der Waals surface area contributed by atoms with E-state index in [1.54, 1.807) is 7.11 Å². The predicted octanol–water partition coefficient (Wildman–Crippen LogP) is 6.15. The van der Waals surface area contributed by atoms with Gasteiger partial charge >= 0.3 is 0 Å². The van der Waals surface area contributed by atoms with Gasteiger partial charge in [-0.05, 0) is 48.4 Å². The maximum Gasteiger partial charge on any atom is 0.257 e. The zero-order valence-corrected chi connectivity index (χ0v) is 19.7. The van der Waals surface area contributed by atoms with E-state index >= 15 is 0 Å². The molecule has 1 aromatic heterocycles. The van der Waals surface area contributed by atoms with Gasteiger partial charge in [-0.3, -0.25) is 10.1 Å². The van der Waals surface area contributed by atoms with Crippen molar-refractivity contribution in [1.82, 2.24) is 10.3 Å². The molecular weight excluding hydrogens is 442 g/mol. The first kappa shape index (κ1) is 23.7. The molecule has 32 heavy (non-hydrogen) atoms. The lowest BCUT2D eigenvalue weighted by molar-refractivity contribution is 0.102. The van der Waals surface area contributed by atoms with Gasteiger partial charge in [0.1, 0.15) is 11.3 Å². The van der Waals surface area contributed by atoms with Gasteiger partial charge in [0.25, 0.3) is 5.91 Å². The Balaban J connectivity index is 0.00000289. The van der Waals surface area contributed by atoms with Crippen molar-refractivity contribution in [2.24, 2.45) is 0 Å². The minimum absolute atomic E-state index is 0. The third kappa shape index (κ3) is 5.27. The van der Waals surface area contributed by atoms with E-state index < -0.39 is 0 Å². The first-order valence-electron chi connectivity index (χ1n) is 10.3. The number of nitrogens with one attached hydrogen (secondary N) is 2. The van der Waals surface area contributed by atoms with Crippen molar-refractivity contribution in [3.63, 3.8) is 0 Å². The predicted molar refractivity (Wildman–Crippen MR) is 135 cm³/mol. The number of anilines is 1. The molecule has 7 heteroatoms. The highest BCUT2D eigenvalue weighted by Gasteiger charge is 2.16. The number of ether oxygens (including phenoxy) is 1. The Bertz CT molecular complexity index is 1180. The third-order valence-corrected chi connectivity index (χ3v) is 6.01. The Labute approximate surface area is 198 Å². The Morgan fingerprint density at radius 1 is 1.03 bits per heavy atom. The minimum Gasteiger partial charge on any atom is -0.494 e. The van der Waals surface area contributed by atoms with Crippen LogP contribution in [0.2, 0.25) is 0 Å². The molecule has 4 rings (SSSR count). The fourth-order valence-corrected chi connectivity index (χ4v) is 4.41. The highest BCUT2D eigenvalue weighted by molar-refractivity contribution is 7.23. The summed E-state index contributed by atoms with van der Waals surface area (Å²) >= 11 is 1.45. The topological polar surface area (TPSA) is 63.2 Å². The molecule has 0 bridgehead atoms. The van der Waals surface area contributed by atoms with Crippen LogP contribution in [0.25, 0.3) is 21.3 Å². The molecule has 1 amide bonds. The molecule has 3 aromatic carbocycles. The summed E-state index contributed by atoms with van der Waals surface area (Å²) in [5.41, 5.74) is 4.68. The number of benzene rings is 3. The van der Waals surface area contributed by atoms with Gasteiger partial charge in [0, 0.05) is 17.7 Å². The molecule has 0 aliphatic heterocycles. The lowest BCUT2D eigenvalue weighted by Crippen LogP contribution is -2.14. The maximum atomic E-state index is 12.8. The van der Waals surface area contributed by atoms with E-state index in [4.69, 9.17) is 4.74 Å². The molecule has 0 aliphatic carbocycles. The van der Waals surface area contributed by atoms with Crippen LogP contribution < -0.4 is 15.4 Å². The Morgan fingerprint density at radius 3 is 2.47 bits per heavy atom. The molecule has 5 nitrogen and oxygen atoms in total. The molecule has 0 unspecified atom stereocenters. The molecule has 1 heterocycles. The lowest BCUT2D eigenvalue weighted by atomic mass is 10.1. The average molecular weight is 468 g/mol. The molecule has 0 saturated heterocycles. The van der Waals surface area contributed by atoms with E-state index in [0.717, 1.165) is 46.4 Å². The van der Waals surface area contributed by atoms with Crippen molar-refractivity contribution in [3.05, 3.63) is 77.9 Å². The Hall–Kier alpha value is -2.93. The van der Waals surface area contributed by atoms with E-state index in [-0.39, 0.29) is 18.3 Å². The summed E-state index contributed by atoms with van der Waals surface area (Å²) in [6.07, 6.45) is 1.10. The van der Waals surface area contributed by atoms with Gasteiger partial charge in [0.05, 0.1) is 11.8 Å². The summed E-state index contributed by atoms with van der Waals surface area (Å²) in [5, 5.41) is 6.86. The van der Waals surface area contributed by atoms with Gasteiger partial charge in [-0.2, -0.15) is 0 Å². The second-order valence-corrected chi connectivity index (χ2v) is 8.21. The van der Waals surface area contributed by atoms with Crippen LogP contribution in [-0.4, -0.2) is 24.5 Å². The van der Waals surface area contributed by atoms with Crippen LogP contribution in [0.3, 0.4) is 0 Å². The number of thiazole rings is 1. The van der Waals surface area contributed by atoms with Crippen LogP contribution in [0.1, 0.15) is 29.3 Å². The fraction of sp³-hybridized carbons (Fsp3) is 0.200. The number of hydrogen-bond donors (Lipinski definition) is 2. The van der Waals surface area contributed by atoms with E-state index in [9.17, 15) is 4.79 Å². The smallest absolute Gasteiger partial charge is 0.257 e. The highest BCUT2D eigenvalue weighted by atomic mass is 35.5. The number of halogens is 1. The van der Waals surface area contributed by atoms with Crippen LogP contribution in [0.5, 0.6) is 5.75 Å². The monoisotopic (exact) mass is 467 g/mol. The molecule has 0 saturated carbocycles. The lowest BCUT2D eigenvalue weighted by Gasteiger charge is -2.05. The van der Waals surface area contributed by atoms with E-state index in [0.29, 0.717) is 16.4 Å². The summed E-state index contributed by atoms with van der Waals surface area (Å²) in [6, 6.07) is 21.8. The zero-order chi connectivity index (χ0) is 21.6. The molecule has 0 atom stereocenters. The van der Waals surface area contributed by atoms with E-state index in [1.165, 1.54) is 11.3 Å². The summed E-state index contributed by atoms with van der Waals surface area (Å²) in [7, 11) is 1.63. The highest BCUT2D eigenvalue weighted by Crippen LogP contribution is 2.39. The standard InChI is InChI=1S/C25H25N3O2S.ClH/c1-3-15-26-16-17-9-11-19(12-10-17)24(29)28-25-27-22-21(30-2)14-13-20(23(22)31-25)18-7-5-4-6-8-18;/h4-14,26H,3,15-16H2,1-2H3,(H,27,28,29);1H. The van der Waals surface area contributed by atoms with Crippen LogP contribution in [0.15, 0.2) is 66.7 Å². The number of methoxy groups -OCH3 is 1. The third-order valence-electron chi connectivity index (χ3n) is 5.00. The first-order valence-corrected chi connectivity index (χ1v) is 11.1. The molecule has 0 radical (unpaired) electrons. The van der Waals surface area contributed by atoms with E-state index in [1.807, 2.05) is 54.6 Å². The van der Waals surface area contributed by atoms with Gasteiger partial charge in [0.15, 0.2) is 5.13 Å². The number of rotatable bonds is 8. The average Bonchev–Trinajstić information content (AvgIpc) is 3.23. The number of carbonyl (C=O) groups is 1. The van der Waals surface area contributed by atoms with Gasteiger partial charge in [0.2, 0.25) is 0 Å². The van der Waals surface area contributed by atoms with E-state index in [2.05, 4.69) is 34.7 Å². The van der Waals surface area contributed by atoms with Crippen molar-refractivity contribution in [3.8, 4) is 16.9 Å². The van der Waals surface area contributed by atoms with Crippen molar-refractivity contribution < 1.29 is 9.53 Å². The molecule has 166 valence electrons. The van der Waals surface area contributed by atoms with Crippen molar-refractivity contribution in [2.75, 3.05) is 19.0 Å².